The van der Waals surface area contributed by atoms with Gasteiger partial charge in [-0.1, -0.05) is 19.3 Å². The third kappa shape index (κ3) is 5.03. The van der Waals surface area contributed by atoms with Crippen LogP contribution in [0.1, 0.15) is 45.4 Å². The first kappa shape index (κ1) is 16.2. The minimum atomic E-state index is -3.05. The Hall–Kier alpha value is 0.160. The summed E-state index contributed by atoms with van der Waals surface area (Å²) >= 11 is 0. The summed E-state index contributed by atoms with van der Waals surface area (Å²) in [4.78, 5) is 0. The van der Waals surface area contributed by atoms with E-state index in [1.807, 2.05) is 0 Å². The maximum atomic E-state index is 11.9. The SMILES string of the molecule is CC1CC(NS(=O)(=O)CCC2CCC2)CCN1.Cl. The topological polar surface area (TPSA) is 58.2 Å². The molecule has 1 aliphatic heterocycles. The monoisotopic (exact) mass is 296 g/mol. The van der Waals surface area contributed by atoms with Crippen molar-refractivity contribution in [2.75, 3.05) is 12.3 Å². The fourth-order valence-electron chi connectivity index (χ4n) is 2.66. The van der Waals surface area contributed by atoms with E-state index in [2.05, 4.69) is 17.0 Å². The summed E-state index contributed by atoms with van der Waals surface area (Å²) in [6, 6.07) is 0.556. The summed E-state index contributed by atoms with van der Waals surface area (Å²) in [6.07, 6.45) is 6.38. The second kappa shape index (κ2) is 7.08. The predicted molar refractivity (Wildman–Crippen MR) is 76.6 cm³/mol. The average Bonchev–Trinajstić information content (AvgIpc) is 2.13. The minimum Gasteiger partial charge on any atom is -0.314 e. The molecule has 1 saturated carbocycles. The largest absolute Gasteiger partial charge is 0.314 e. The number of hydrogen-bond donors (Lipinski definition) is 2. The van der Waals surface area contributed by atoms with Gasteiger partial charge in [0.05, 0.1) is 5.75 Å². The molecule has 1 aliphatic carbocycles. The van der Waals surface area contributed by atoms with Gasteiger partial charge in [0.25, 0.3) is 0 Å². The molecule has 0 bridgehead atoms. The van der Waals surface area contributed by atoms with Crippen LogP contribution in [0, 0.1) is 5.92 Å². The molecule has 2 rings (SSSR count). The molecule has 0 aromatic heterocycles. The maximum Gasteiger partial charge on any atom is 0.211 e. The molecule has 0 amide bonds. The lowest BCUT2D eigenvalue weighted by Crippen LogP contribution is -2.47. The molecule has 2 atom stereocenters. The van der Waals surface area contributed by atoms with Gasteiger partial charge in [-0.3, -0.25) is 0 Å². The predicted octanol–water partition coefficient (Wildman–Crippen LogP) is 1.66. The standard InChI is InChI=1S/C12H24N2O2S.ClH/c1-10-9-12(5-7-13-10)14-17(15,16)8-6-11-3-2-4-11;/h10-14H,2-9H2,1H3;1H. The number of sulfonamides is 1. The number of nitrogens with one attached hydrogen (secondary N) is 2. The maximum absolute atomic E-state index is 11.9. The third-order valence-corrected chi connectivity index (χ3v) is 5.46. The number of hydrogen-bond acceptors (Lipinski definition) is 3. The van der Waals surface area contributed by atoms with Gasteiger partial charge in [0, 0.05) is 12.1 Å². The molecule has 2 fully saturated rings. The normalized spacial score (nSPS) is 29.4. The fourth-order valence-corrected chi connectivity index (χ4v) is 4.14. The van der Waals surface area contributed by atoms with Crippen molar-refractivity contribution in [3.05, 3.63) is 0 Å². The molecular weight excluding hydrogens is 272 g/mol. The van der Waals surface area contributed by atoms with Gasteiger partial charge in [0.15, 0.2) is 0 Å². The smallest absolute Gasteiger partial charge is 0.211 e. The zero-order valence-corrected chi connectivity index (χ0v) is 12.7. The number of halogens is 1. The molecule has 1 saturated heterocycles. The highest BCUT2D eigenvalue weighted by atomic mass is 35.5. The van der Waals surface area contributed by atoms with Gasteiger partial charge in [0.1, 0.15) is 0 Å². The molecule has 108 valence electrons. The van der Waals surface area contributed by atoms with Crippen LogP contribution in [0.4, 0.5) is 0 Å². The van der Waals surface area contributed by atoms with Crippen molar-refractivity contribution in [1.82, 2.24) is 10.0 Å². The van der Waals surface area contributed by atoms with Gasteiger partial charge in [-0.15, -0.1) is 12.4 Å². The van der Waals surface area contributed by atoms with Crippen molar-refractivity contribution < 1.29 is 8.42 Å². The van der Waals surface area contributed by atoms with E-state index < -0.39 is 10.0 Å². The highest BCUT2D eigenvalue weighted by molar-refractivity contribution is 7.89. The molecular formula is C12H25ClN2O2S. The second-order valence-corrected chi connectivity index (χ2v) is 7.47. The van der Waals surface area contributed by atoms with E-state index in [0.717, 1.165) is 25.8 Å². The van der Waals surface area contributed by atoms with Crippen molar-refractivity contribution >= 4 is 22.4 Å². The van der Waals surface area contributed by atoms with Crippen LogP contribution < -0.4 is 10.0 Å². The molecule has 0 spiro atoms. The second-order valence-electron chi connectivity index (χ2n) is 5.60. The summed E-state index contributed by atoms with van der Waals surface area (Å²) in [5.74, 6) is 0.981. The zero-order chi connectivity index (χ0) is 12.3. The van der Waals surface area contributed by atoms with Crippen molar-refractivity contribution in [2.45, 2.75) is 57.5 Å². The summed E-state index contributed by atoms with van der Waals surface area (Å²) in [7, 11) is -3.05. The first-order valence-electron chi connectivity index (χ1n) is 6.78. The van der Waals surface area contributed by atoms with Crippen molar-refractivity contribution in [1.29, 1.82) is 0 Å². The molecule has 2 N–H and O–H groups in total. The van der Waals surface area contributed by atoms with Gasteiger partial charge >= 0.3 is 0 Å². The van der Waals surface area contributed by atoms with Crippen molar-refractivity contribution in [3.8, 4) is 0 Å². The summed E-state index contributed by atoms with van der Waals surface area (Å²) in [5.41, 5.74) is 0. The van der Waals surface area contributed by atoms with E-state index in [9.17, 15) is 8.42 Å². The van der Waals surface area contributed by atoms with E-state index in [-0.39, 0.29) is 18.4 Å². The molecule has 2 unspecified atom stereocenters. The minimum absolute atomic E-state index is 0. The van der Waals surface area contributed by atoms with E-state index in [1.54, 1.807) is 0 Å². The quantitative estimate of drug-likeness (QED) is 0.811. The number of piperidine rings is 1. The summed E-state index contributed by atoms with van der Waals surface area (Å²) < 4.78 is 26.7. The third-order valence-electron chi connectivity index (χ3n) is 3.99. The lowest BCUT2D eigenvalue weighted by molar-refractivity contribution is 0.306. The lowest BCUT2D eigenvalue weighted by Gasteiger charge is -2.29. The first-order valence-corrected chi connectivity index (χ1v) is 8.44. The van der Waals surface area contributed by atoms with Crippen LogP contribution in [0.5, 0.6) is 0 Å². The summed E-state index contributed by atoms with van der Waals surface area (Å²) in [6.45, 7) is 3.02. The molecule has 0 radical (unpaired) electrons. The van der Waals surface area contributed by atoms with Crippen molar-refractivity contribution in [3.63, 3.8) is 0 Å². The molecule has 18 heavy (non-hydrogen) atoms. The molecule has 6 heteroatoms. The van der Waals surface area contributed by atoms with E-state index in [0.29, 0.717) is 17.7 Å². The van der Waals surface area contributed by atoms with Crippen LogP contribution >= 0.6 is 12.4 Å². The molecule has 0 aromatic rings. The Bertz CT molecular complexity index is 344. The van der Waals surface area contributed by atoms with Gasteiger partial charge < -0.3 is 5.32 Å². The van der Waals surface area contributed by atoms with Gasteiger partial charge in [-0.05, 0) is 38.6 Å². The zero-order valence-electron chi connectivity index (χ0n) is 11.0. The van der Waals surface area contributed by atoms with Crippen LogP contribution in [0.3, 0.4) is 0 Å². The molecule has 0 aromatic carbocycles. The lowest BCUT2D eigenvalue weighted by atomic mass is 9.84. The van der Waals surface area contributed by atoms with E-state index in [4.69, 9.17) is 0 Å². The van der Waals surface area contributed by atoms with E-state index in [1.165, 1.54) is 19.3 Å². The molecule has 1 heterocycles. The Morgan fingerprint density at radius 2 is 2.00 bits per heavy atom. The summed E-state index contributed by atoms with van der Waals surface area (Å²) in [5, 5.41) is 3.33. The van der Waals surface area contributed by atoms with Gasteiger partial charge in [-0.2, -0.15) is 0 Å². The highest BCUT2D eigenvalue weighted by Crippen LogP contribution is 2.29. The van der Waals surface area contributed by atoms with Gasteiger partial charge in [0.2, 0.25) is 10.0 Å². The fraction of sp³-hybridized carbons (Fsp3) is 1.00. The van der Waals surface area contributed by atoms with Crippen LogP contribution in [0.15, 0.2) is 0 Å². The Labute approximate surface area is 117 Å². The molecule has 4 nitrogen and oxygen atoms in total. The number of rotatable bonds is 5. The van der Waals surface area contributed by atoms with E-state index >= 15 is 0 Å². The van der Waals surface area contributed by atoms with Crippen LogP contribution in [0.2, 0.25) is 0 Å². The first-order chi connectivity index (χ1) is 8.05. The Balaban J connectivity index is 0.00000162. The Morgan fingerprint density at radius 3 is 2.56 bits per heavy atom. The van der Waals surface area contributed by atoms with Crippen LogP contribution in [-0.2, 0) is 10.0 Å². The Kier molecular flexibility index (Phi) is 6.38. The Morgan fingerprint density at radius 1 is 1.28 bits per heavy atom. The molecule has 2 aliphatic rings. The highest BCUT2D eigenvalue weighted by Gasteiger charge is 2.25. The van der Waals surface area contributed by atoms with Crippen LogP contribution in [-0.4, -0.2) is 32.8 Å². The van der Waals surface area contributed by atoms with Crippen molar-refractivity contribution in [2.24, 2.45) is 5.92 Å². The van der Waals surface area contributed by atoms with Gasteiger partial charge in [-0.25, -0.2) is 13.1 Å². The van der Waals surface area contributed by atoms with Crippen LogP contribution in [0.25, 0.3) is 0 Å². The average molecular weight is 297 g/mol.